The average molecular weight is 311 g/mol. The van der Waals surface area contributed by atoms with Gasteiger partial charge in [0.15, 0.2) is 0 Å². The number of nitriles is 1. The van der Waals surface area contributed by atoms with Gasteiger partial charge in [-0.05, 0) is 39.0 Å². The molecule has 4 nitrogen and oxygen atoms in total. The number of anilines is 1. The minimum absolute atomic E-state index is 0.0302. The Morgan fingerprint density at radius 2 is 2.17 bits per heavy atom. The van der Waals surface area contributed by atoms with Gasteiger partial charge in [0, 0.05) is 4.47 Å². The highest BCUT2D eigenvalue weighted by Gasteiger charge is 2.16. The monoisotopic (exact) mass is 310 g/mol. The lowest BCUT2D eigenvalue weighted by molar-refractivity contribution is -0.152. The van der Waals surface area contributed by atoms with Crippen molar-refractivity contribution in [3.8, 4) is 6.07 Å². The zero-order chi connectivity index (χ0) is 13.8. The lowest BCUT2D eigenvalue weighted by Crippen LogP contribution is -2.28. The summed E-state index contributed by atoms with van der Waals surface area (Å²) in [4.78, 5) is 11.5. The first-order valence-corrected chi connectivity index (χ1v) is 6.26. The van der Waals surface area contributed by atoms with Crippen molar-refractivity contribution < 1.29 is 9.53 Å². The van der Waals surface area contributed by atoms with E-state index in [1.54, 1.807) is 18.2 Å². The van der Waals surface area contributed by atoms with Crippen LogP contribution in [0.2, 0.25) is 0 Å². The standard InChI is InChI=1S/C13H15BrN2O2/c1-13(2,3)18-12(17)8-16-11-6-10(14)5-4-9(11)7-15/h4-6,16H,8H2,1-3H3. The fraction of sp³-hybridized carbons (Fsp3) is 0.385. The normalized spacial score (nSPS) is 10.6. The van der Waals surface area contributed by atoms with E-state index in [9.17, 15) is 4.79 Å². The summed E-state index contributed by atoms with van der Waals surface area (Å²) in [5.74, 6) is -0.355. The first kappa shape index (κ1) is 14.5. The third-order valence-corrected chi connectivity index (χ3v) is 2.44. The van der Waals surface area contributed by atoms with E-state index >= 15 is 0 Å². The van der Waals surface area contributed by atoms with Gasteiger partial charge in [-0.3, -0.25) is 4.79 Å². The number of nitrogens with zero attached hydrogens (tertiary/aromatic N) is 1. The number of hydrogen-bond donors (Lipinski definition) is 1. The van der Waals surface area contributed by atoms with Crippen molar-refractivity contribution in [2.45, 2.75) is 26.4 Å². The van der Waals surface area contributed by atoms with Crippen molar-refractivity contribution in [1.29, 1.82) is 5.26 Å². The summed E-state index contributed by atoms with van der Waals surface area (Å²) < 4.78 is 6.01. The Balaban J connectivity index is 2.67. The summed E-state index contributed by atoms with van der Waals surface area (Å²) in [6.45, 7) is 5.46. The van der Waals surface area contributed by atoms with Gasteiger partial charge in [-0.2, -0.15) is 5.26 Å². The molecule has 0 heterocycles. The number of hydrogen-bond acceptors (Lipinski definition) is 4. The van der Waals surface area contributed by atoms with Crippen LogP contribution in [-0.2, 0) is 9.53 Å². The fourth-order valence-corrected chi connectivity index (χ4v) is 1.67. The molecule has 0 bridgehead atoms. The van der Waals surface area contributed by atoms with Crippen LogP contribution in [0.3, 0.4) is 0 Å². The quantitative estimate of drug-likeness (QED) is 0.872. The maximum atomic E-state index is 11.5. The predicted octanol–water partition coefficient (Wildman–Crippen LogP) is 3.07. The van der Waals surface area contributed by atoms with Crippen molar-refractivity contribution in [2.24, 2.45) is 0 Å². The Morgan fingerprint density at radius 1 is 1.50 bits per heavy atom. The van der Waals surface area contributed by atoms with Gasteiger partial charge in [0.25, 0.3) is 0 Å². The van der Waals surface area contributed by atoms with E-state index in [4.69, 9.17) is 10.00 Å². The Kier molecular flexibility index (Phi) is 4.74. The van der Waals surface area contributed by atoms with Crippen molar-refractivity contribution in [3.05, 3.63) is 28.2 Å². The largest absolute Gasteiger partial charge is 0.459 e. The van der Waals surface area contributed by atoms with Crippen LogP contribution in [0.5, 0.6) is 0 Å². The molecule has 0 aliphatic heterocycles. The first-order valence-electron chi connectivity index (χ1n) is 5.47. The second-order valence-corrected chi connectivity index (χ2v) is 5.66. The Morgan fingerprint density at radius 3 is 2.72 bits per heavy atom. The number of benzene rings is 1. The molecule has 0 fully saturated rings. The van der Waals surface area contributed by atoms with E-state index < -0.39 is 5.60 Å². The smallest absolute Gasteiger partial charge is 0.325 e. The Bertz CT molecular complexity index is 487. The highest BCUT2D eigenvalue weighted by molar-refractivity contribution is 9.10. The maximum absolute atomic E-state index is 11.5. The van der Waals surface area contributed by atoms with Gasteiger partial charge >= 0.3 is 5.97 Å². The van der Waals surface area contributed by atoms with Crippen molar-refractivity contribution >= 4 is 27.6 Å². The molecule has 0 aliphatic rings. The molecule has 1 rings (SSSR count). The van der Waals surface area contributed by atoms with E-state index in [0.717, 1.165) is 4.47 Å². The van der Waals surface area contributed by atoms with Crippen LogP contribution in [0.15, 0.2) is 22.7 Å². The summed E-state index contributed by atoms with van der Waals surface area (Å²) in [6, 6.07) is 7.27. The van der Waals surface area contributed by atoms with Gasteiger partial charge in [-0.15, -0.1) is 0 Å². The molecular formula is C13H15BrN2O2. The van der Waals surface area contributed by atoms with Gasteiger partial charge in [-0.25, -0.2) is 0 Å². The molecule has 0 aromatic heterocycles. The van der Waals surface area contributed by atoms with E-state index in [0.29, 0.717) is 11.3 Å². The van der Waals surface area contributed by atoms with Crippen LogP contribution >= 0.6 is 15.9 Å². The van der Waals surface area contributed by atoms with Gasteiger partial charge in [0.05, 0.1) is 11.3 Å². The molecule has 1 N–H and O–H groups in total. The predicted molar refractivity (Wildman–Crippen MR) is 73.2 cm³/mol. The molecule has 0 radical (unpaired) electrons. The molecular weight excluding hydrogens is 296 g/mol. The van der Waals surface area contributed by atoms with Gasteiger partial charge < -0.3 is 10.1 Å². The molecule has 0 aliphatic carbocycles. The average Bonchev–Trinajstić information content (AvgIpc) is 2.24. The minimum Gasteiger partial charge on any atom is -0.459 e. The van der Waals surface area contributed by atoms with Gasteiger partial charge in [-0.1, -0.05) is 15.9 Å². The van der Waals surface area contributed by atoms with Crippen LogP contribution in [0.25, 0.3) is 0 Å². The van der Waals surface area contributed by atoms with E-state index in [2.05, 4.69) is 27.3 Å². The number of esters is 1. The van der Waals surface area contributed by atoms with E-state index in [1.807, 2.05) is 20.8 Å². The Hall–Kier alpha value is -1.54. The molecule has 96 valence electrons. The first-order chi connectivity index (χ1) is 8.31. The minimum atomic E-state index is -0.506. The highest BCUT2D eigenvalue weighted by atomic mass is 79.9. The molecule has 18 heavy (non-hydrogen) atoms. The number of ether oxygens (including phenoxy) is 1. The SMILES string of the molecule is CC(C)(C)OC(=O)CNc1cc(Br)ccc1C#N. The molecule has 0 spiro atoms. The van der Waals surface area contributed by atoms with Crippen molar-refractivity contribution in [1.82, 2.24) is 0 Å². The number of carbonyl (C=O) groups excluding carboxylic acids is 1. The maximum Gasteiger partial charge on any atom is 0.325 e. The lowest BCUT2D eigenvalue weighted by atomic mass is 10.2. The van der Waals surface area contributed by atoms with E-state index in [-0.39, 0.29) is 12.5 Å². The molecule has 1 aromatic carbocycles. The third kappa shape index (κ3) is 4.76. The summed E-state index contributed by atoms with van der Waals surface area (Å²) in [6.07, 6.45) is 0. The van der Waals surface area contributed by atoms with Crippen LogP contribution in [-0.4, -0.2) is 18.1 Å². The fourth-order valence-electron chi connectivity index (χ4n) is 1.31. The third-order valence-electron chi connectivity index (χ3n) is 1.95. The lowest BCUT2D eigenvalue weighted by Gasteiger charge is -2.19. The molecule has 0 amide bonds. The van der Waals surface area contributed by atoms with Crippen LogP contribution in [0.1, 0.15) is 26.3 Å². The number of nitrogens with one attached hydrogen (secondary N) is 1. The summed E-state index contributed by atoms with van der Waals surface area (Å²) in [7, 11) is 0. The summed E-state index contributed by atoms with van der Waals surface area (Å²) in [5, 5.41) is 11.8. The molecule has 0 unspecified atom stereocenters. The number of halogens is 1. The van der Waals surface area contributed by atoms with E-state index in [1.165, 1.54) is 0 Å². The van der Waals surface area contributed by atoms with Crippen LogP contribution in [0, 0.1) is 11.3 Å². The zero-order valence-corrected chi connectivity index (χ0v) is 12.2. The van der Waals surface area contributed by atoms with Gasteiger partial charge in [0.1, 0.15) is 18.2 Å². The van der Waals surface area contributed by atoms with Crippen molar-refractivity contribution in [3.63, 3.8) is 0 Å². The Labute approximate surface area is 115 Å². The molecule has 5 heteroatoms. The molecule has 0 atom stereocenters. The van der Waals surface area contributed by atoms with Crippen LogP contribution in [0.4, 0.5) is 5.69 Å². The summed E-state index contributed by atoms with van der Waals surface area (Å²) in [5.41, 5.74) is 0.591. The number of carbonyl (C=O) groups is 1. The number of rotatable bonds is 3. The van der Waals surface area contributed by atoms with Crippen LogP contribution < -0.4 is 5.32 Å². The van der Waals surface area contributed by atoms with Gasteiger partial charge in [0.2, 0.25) is 0 Å². The summed E-state index contributed by atoms with van der Waals surface area (Å²) >= 11 is 3.32. The zero-order valence-electron chi connectivity index (χ0n) is 10.6. The second kappa shape index (κ2) is 5.87. The molecule has 1 aromatic rings. The molecule has 0 saturated carbocycles. The molecule has 0 saturated heterocycles. The topological polar surface area (TPSA) is 62.1 Å². The van der Waals surface area contributed by atoms with Crippen molar-refractivity contribution in [2.75, 3.05) is 11.9 Å². The second-order valence-electron chi connectivity index (χ2n) is 4.74. The highest BCUT2D eigenvalue weighted by Crippen LogP contribution is 2.20.